The largest absolute Gasteiger partial charge is 0.444 e. The van der Waals surface area contributed by atoms with Gasteiger partial charge in [0, 0.05) is 17.9 Å². The number of nitrogens with two attached hydrogens (primary N) is 1. The van der Waals surface area contributed by atoms with E-state index in [1.807, 2.05) is 0 Å². The Morgan fingerprint density at radius 3 is 2.48 bits per heavy atom. The first-order valence-electron chi connectivity index (χ1n) is 8.39. The molecule has 0 heterocycles. The molecule has 0 radical (unpaired) electrons. The van der Waals surface area contributed by atoms with E-state index in [4.69, 9.17) is 10.5 Å². The number of thioether (sulfide) groups is 1. The maximum absolute atomic E-state index is 13.8. The zero-order valence-electron chi connectivity index (χ0n) is 15.9. The highest BCUT2D eigenvalue weighted by Gasteiger charge is 2.24. The molecule has 0 aliphatic heterocycles. The van der Waals surface area contributed by atoms with Crippen molar-refractivity contribution in [3.05, 3.63) is 29.6 Å². The number of carbonyl (C=O) groups excluding carboxylic acids is 3. The van der Waals surface area contributed by atoms with Crippen molar-refractivity contribution in [2.24, 2.45) is 5.73 Å². The van der Waals surface area contributed by atoms with Crippen LogP contribution in [-0.4, -0.2) is 35.8 Å². The zero-order valence-corrected chi connectivity index (χ0v) is 16.7. The van der Waals surface area contributed by atoms with Gasteiger partial charge in [-0.25, -0.2) is 9.18 Å². The second-order valence-electron chi connectivity index (χ2n) is 6.89. The molecule has 27 heavy (non-hydrogen) atoms. The molecule has 0 aliphatic carbocycles. The van der Waals surface area contributed by atoms with Gasteiger partial charge in [-0.2, -0.15) is 0 Å². The van der Waals surface area contributed by atoms with E-state index in [1.54, 1.807) is 39.2 Å². The van der Waals surface area contributed by atoms with Crippen LogP contribution in [0.5, 0.6) is 0 Å². The quantitative estimate of drug-likeness (QED) is 0.581. The monoisotopic (exact) mass is 399 g/mol. The number of halogens is 1. The summed E-state index contributed by atoms with van der Waals surface area (Å²) < 4.78 is 18.9. The lowest BCUT2D eigenvalue weighted by Gasteiger charge is -2.23. The van der Waals surface area contributed by atoms with E-state index in [1.165, 1.54) is 17.8 Å². The summed E-state index contributed by atoms with van der Waals surface area (Å²) in [7, 11) is 0. The van der Waals surface area contributed by atoms with E-state index in [9.17, 15) is 18.8 Å². The molecule has 0 spiro atoms. The lowest BCUT2D eigenvalue weighted by atomic mass is 10.1. The first-order chi connectivity index (χ1) is 12.5. The van der Waals surface area contributed by atoms with Crippen molar-refractivity contribution in [1.29, 1.82) is 0 Å². The summed E-state index contributed by atoms with van der Waals surface area (Å²) in [6, 6.07) is 3.67. The van der Waals surface area contributed by atoms with Crippen molar-refractivity contribution >= 4 is 29.7 Å². The molecule has 0 aromatic heterocycles. The maximum Gasteiger partial charge on any atom is 0.408 e. The molecule has 3 amide bonds. The number of ether oxygens (including phenoxy) is 1. The summed E-state index contributed by atoms with van der Waals surface area (Å²) in [5.74, 6) is -1.48. The van der Waals surface area contributed by atoms with Crippen LogP contribution >= 0.6 is 11.8 Å². The number of amides is 3. The topological polar surface area (TPSA) is 111 Å². The van der Waals surface area contributed by atoms with E-state index >= 15 is 0 Å². The first kappa shape index (κ1) is 22.8. The van der Waals surface area contributed by atoms with Crippen LogP contribution < -0.4 is 16.4 Å². The van der Waals surface area contributed by atoms with Gasteiger partial charge in [-0.3, -0.25) is 9.59 Å². The summed E-state index contributed by atoms with van der Waals surface area (Å²) in [4.78, 5) is 35.9. The molecular weight excluding hydrogens is 373 g/mol. The summed E-state index contributed by atoms with van der Waals surface area (Å²) in [6.07, 6.45) is 0.943. The van der Waals surface area contributed by atoms with Gasteiger partial charge in [0.15, 0.2) is 0 Å². The molecular formula is C18H26FN3O4S. The number of carbonyl (C=O) groups is 3. The Labute approximate surface area is 162 Å². The fourth-order valence-corrected chi connectivity index (χ4v) is 2.60. The van der Waals surface area contributed by atoms with Crippen LogP contribution in [0.25, 0.3) is 0 Å². The Morgan fingerprint density at radius 2 is 1.96 bits per heavy atom. The predicted octanol–water partition coefficient (Wildman–Crippen LogP) is 2.32. The van der Waals surface area contributed by atoms with Crippen LogP contribution in [0.1, 0.15) is 39.2 Å². The van der Waals surface area contributed by atoms with Crippen molar-refractivity contribution in [1.82, 2.24) is 10.6 Å². The summed E-state index contributed by atoms with van der Waals surface area (Å²) in [5, 5.41) is 5.06. The first-order valence-corrected chi connectivity index (χ1v) is 9.62. The van der Waals surface area contributed by atoms with E-state index in [-0.39, 0.29) is 25.2 Å². The molecule has 1 rings (SSSR count). The minimum Gasteiger partial charge on any atom is -0.444 e. The van der Waals surface area contributed by atoms with Gasteiger partial charge in [-0.05, 0) is 51.1 Å². The highest BCUT2D eigenvalue weighted by atomic mass is 32.2. The third-order valence-corrected chi connectivity index (χ3v) is 4.14. The van der Waals surface area contributed by atoms with Gasteiger partial charge in [0.25, 0.3) is 0 Å². The SMILES string of the molecule is CSc1ccc(CNC(=O)C(CCC(N)=O)NC(=O)OC(C)(C)C)cc1F. The fraction of sp³-hybridized carbons (Fsp3) is 0.500. The number of benzene rings is 1. The number of nitrogens with one attached hydrogen (secondary N) is 2. The van der Waals surface area contributed by atoms with Crippen LogP contribution in [0.15, 0.2) is 23.1 Å². The average molecular weight is 399 g/mol. The predicted molar refractivity (Wildman–Crippen MR) is 102 cm³/mol. The third-order valence-electron chi connectivity index (χ3n) is 3.37. The Hall–Kier alpha value is -2.29. The molecule has 150 valence electrons. The van der Waals surface area contributed by atoms with Gasteiger partial charge in [0.2, 0.25) is 11.8 Å². The molecule has 4 N–H and O–H groups in total. The van der Waals surface area contributed by atoms with Crippen molar-refractivity contribution in [3.63, 3.8) is 0 Å². The smallest absolute Gasteiger partial charge is 0.408 e. The van der Waals surface area contributed by atoms with Crippen LogP contribution in [0.2, 0.25) is 0 Å². The lowest BCUT2D eigenvalue weighted by Crippen LogP contribution is -2.48. The summed E-state index contributed by atoms with van der Waals surface area (Å²) >= 11 is 1.29. The van der Waals surface area contributed by atoms with Gasteiger partial charge in [-0.15, -0.1) is 11.8 Å². The molecule has 1 aromatic rings. The second kappa shape index (κ2) is 10.1. The minimum absolute atomic E-state index is 0.0280. The number of alkyl carbamates (subject to hydrolysis) is 1. The van der Waals surface area contributed by atoms with E-state index in [2.05, 4.69) is 10.6 Å². The van der Waals surface area contributed by atoms with E-state index < -0.39 is 29.6 Å². The van der Waals surface area contributed by atoms with Crippen LogP contribution in [0, 0.1) is 5.82 Å². The molecule has 7 nitrogen and oxygen atoms in total. The summed E-state index contributed by atoms with van der Waals surface area (Å²) in [6.45, 7) is 5.15. The molecule has 1 atom stereocenters. The average Bonchev–Trinajstić information content (AvgIpc) is 2.54. The van der Waals surface area contributed by atoms with Crippen molar-refractivity contribution in [2.45, 2.75) is 56.7 Å². The molecule has 0 bridgehead atoms. The Balaban J connectivity index is 2.73. The van der Waals surface area contributed by atoms with Gasteiger partial charge in [-0.1, -0.05) is 6.07 Å². The molecule has 1 unspecified atom stereocenters. The summed E-state index contributed by atoms with van der Waals surface area (Å²) in [5.41, 5.74) is 4.97. The minimum atomic E-state index is -0.998. The number of primary amides is 1. The van der Waals surface area contributed by atoms with Crippen LogP contribution in [0.4, 0.5) is 9.18 Å². The molecule has 1 aromatic carbocycles. The Kier molecular flexibility index (Phi) is 8.55. The molecule has 0 fully saturated rings. The van der Waals surface area contributed by atoms with Crippen LogP contribution in [0.3, 0.4) is 0 Å². The highest BCUT2D eigenvalue weighted by Crippen LogP contribution is 2.19. The van der Waals surface area contributed by atoms with E-state index in [0.29, 0.717) is 10.5 Å². The number of rotatable bonds is 8. The third kappa shape index (κ3) is 8.76. The normalized spacial score (nSPS) is 12.2. The Bertz CT molecular complexity index is 692. The van der Waals surface area contributed by atoms with Gasteiger partial charge >= 0.3 is 6.09 Å². The van der Waals surface area contributed by atoms with Crippen molar-refractivity contribution < 1.29 is 23.5 Å². The standard InChI is InChI=1S/C18H26FN3O4S/c1-18(2,3)26-17(25)22-13(6-8-15(20)23)16(24)21-10-11-5-7-14(27-4)12(19)9-11/h5,7,9,13H,6,8,10H2,1-4H3,(H2,20,23)(H,21,24)(H,22,25). The van der Waals surface area contributed by atoms with Crippen LogP contribution in [-0.2, 0) is 20.9 Å². The second-order valence-corrected chi connectivity index (χ2v) is 7.74. The van der Waals surface area contributed by atoms with Gasteiger partial charge in [0.1, 0.15) is 17.5 Å². The Morgan fingerprint density at radius 1 is 1.30 bits per heavy atom. The van der Waals surface area contributed by atoms with Gasteiger partial charge in [0.05, 0.1) is 0 Å². The maximum atomic E-state index is 13.8. The molecule has 0 aliphatic rings. The fourth-order valence-electron chi connectivity index (χ4n) is 2.14. The van der Waals surface area contributed by atoms with Crippen molar-refractivity contribution in [3.8, 4) is 0 Å². The number of hydrogen-bond donors (Lipinski definition) is 3. The van der Waals surface area contributed by atoms with E-state index in [0.717, 1.165) is 0 Å². The number of hydrogen-bond acceptors (Lipinski definition) is 5. The van der Waals surface area contributed by atoms with Crippen molar-refractivity contribution in [2.75, 3.05) is 6.26 Å². The molecule has 0 saturated heterocycles. The molecule has 9 heteroatoms. The highest BCUT2D eigenvalue weighted by molar-refractivity contribution is 7.98. The van der Waals surface area contributed by atoms with Gasteiger partial charge < -0.3 is 21.1 Å². The molecule has 0 saturated carbocycles. The zero-order chi connectivity index (χ0) is 20.6. The lowest BCUT2D eigenvalue weighted by molar-refractivity contribution is -0.124.